The molecule has 1 unspecified atom stereocenters. The highest BCUT2D eigenvalue weighted by molar-refractivity contribution is 7.66. The van der Waals surface area contributed by atoms with Crippen molar-refractivity contribution in [3.63, 3.8) is 0 Å². The van der Waals surface area contributed by atoms with Gasteiger partial charge in [-0.15, -0.1) is 0 Å². The first-order valence-corrected chi connectivity index (χ1v) is 8.52. The molecule has 0 spiro atoms. The van der Waals surface area contributed by atoms with E-state index >= 15 is 0 Å². The third kappa shape index (κ3) is 3.32. The van der Waals surface area contributed by atoms with E-state index in [1.54, 1.807) is 0 Å². The first-order chi connectivity index (χ1) is 7.42. The average Bonchev–Trinajstić information content (AvgIpc) is 2.33. The summed E-state index contributed by atoms with van der Waals surface area (Å²) in [6, 6.07) is 1.63. The van der Waals surface area contributed by atoms with Crippen molar-refractivity contribution in [2.45, 2.75) is 76.3 Å². The largest absolute Gasteiger partial charge is 0.266 e. The maximum atomic E-state index is 6.19. The van der Waals surface area contributed by atoms with Crippen LogP contribution in [0.3, 0.4) is 0 Å². The first-order valence-electron chi connectivity index (χ1n) is 6.56. The zero-order valence-electron chi connectivity index (χ0n) is 9.55. The van der Waals surface area contributed by atoms with Gasteiger partial charge < -0.3 is 0 Å². The summed E-state index contributed by atoms with van der Waals surface area (Å²) < 4.78 is 2.64. The normalized spacial score (nSPS) is 26.8. The maximum Gasteiger partial charge on any atom is 0.0483 e. The van der Waals surface area contributed by atoms with Crippen molar-refractivity contribution in [2.75, 3.05) is 0 Å². The second kappa shape index (κ2) is 6.42. The van der Waals surface area contributed by atoms with Crippen LogP contribution < -0.4 is 0 Å². The third-order valence-corrected chi connectivity index (χ3v) is 5.54. The molecule has 2 fully saturated rings. The standard InChI is InChI=1S/C12H23ClNP/c13-15-14(11-7-3-1-4-8-11)12-9-5-2-6-10-12/h11-12,15H,1-10H2. The first kappa shape index (κ1) is 12.1. The maximum absolute atomic E-state index is 6.19. The van der Waals surface area contributed by atoms with Gasteiger partial charge in [-0.2, -0.15) is 0 Å². The van der Waals surface area contributed by atoms with Crippen LogP contribution in [-0.2, 0) is 0 Å². The van der Waals surface area contributed by atoms with Gasteiger partial charge >= 0.3 is 0 Å². The van der Waals surface area contributed by atoms with E-state index in [4.69, 9.17) is 11.2 Å². The Morgan fingerprint density at radius 1 is 0.733 bits per heavy atom. The molecule has 0 aromatic rings. The van der Waals surface area contributed by atoms with Gasteiger partial charge in [0.25, 0.3) is 0 Å². The minimum absolute atomic E-state index is 0.516. The van der Waals surface area contributed by atoms with Gasteiger partial charge in [0.2, 0.25) is 0 Å². The molecule has 15 heavy (non-hydrogen) atoms. The van der Waals surface area contributed by atoms with Crippen molar-refractivity contribution < 1.29 is 0 Å². The van der Waals surface area contributed by atoms with Crippen LogP contribution in [0.5, 0.6) is 0 Å². The molecule has 1 nitrogen and oxygen atoms in total. The average molecular weight is 248 g/mol. The molecule has 0 aliphatic heterocycles. The van der Waals surface area contributed by atoms with E-state index in [-0.39, 0.29) is 0 Å². The van der Waals surface area contributed by atoms with Gasteiger partial charge in [0.05, 0.1) is 0 Å². The van der Waals surface area contributed by atoms with Gasteiger partial charge in [0.1, 0.15) is 0 Å². The molecule has 2 saturated carbocycles. The molecule has 0 radical (unpaired) electrons. The highest BCUT2D eigenvalue weighted by Crippen LogP contribution is 2.39. The summed E-state index contributed by atoms with van der Waals surface area (Å²) in [5.41, 5.74) is 0. The molecule has 2 aliphatic rings. The van der Waals surface area contributed by atoms with Crippen molar-refractivity contribution >= 4 is 19.3 Å². The highest BCUT2D eigenvalue weighted by Gasteiger charge is 2.28. The fourth-order valence-electron chi connectivity index (χ4n) is 3.15. The van der Waals surface area contributed by atoms with Crippen molar-refractivity contribution in [1.82, 2.24) is 4.67 Å². The summed E-state index contributed by atoms with van der Waals surface area (Å²) in [7, 11) is 0.516. The SMILES string of the molecule is ClPN(C1CCCCC1)C1CCCCC1. The van der Waals surface area contributed by atoms with E-state index in [9.17, 15) is 0 Å². The van der Waals surface area contributed by atoms with Crippen LogP contribution in [0.4, 0.5) is 0 Å². The topological polar surface area (TPSA) is 3.24 Å². The second-order valence-electron chi connectivity index (χ2n) is 5.08. The summed E-state index contributed by atoms with van der Waals surface area (Å²) in [6.45, 7) is 0. The van der Waals surface area contributed by atoms with Crippen LogP contribution in [0, 0.1) is 0 Å². The number of nitrogens with zero attached hydrogens (tertiary/aromatic N) is 1. The zero-order chi connectivity index (χ0) is 10.5. The Hall–Kier alpha value is 0.680. The molecule has 3 heteroatoms. The molecule has 0 aromatic carbocycles. The molecule has 0 bridgehead atoms. The Morgan fingerprint density at radius 2 is 1.13 bits per heavy atom. The van der Waals surface area contributed by atoms with E-state index in [1.807, 2.05) is 0 Å². The molecule has 1 atom stereocenters. The summed E-state index contributed by atoms with van der Waals surface area (Å²) >= 11 is 6.19. The third-order valence-electron chi connectivity index (χ3n) is 4.03. The van der Waals surface area contributed by atoms with Gasteiger partial charge in [-0.1, -0.05) is 49.8 Å². The van der Waals surface area contributed by atoms with Crippen LogP contribution in [-0.4, -0.2) is 16.8 Å². The van der Waals surface area contributed by atoms with Crippen molar-refractivity contribution in [3.05, 3.63) is 0 Å². The fourth-order valence-corrected chi connectivity index (χ4v) is 4.78. The monoisotopic (exact) mass is 247 g/mol. The molecule has 2 rings (SSSR count). The van der Waals surface area contributed by atoms with Gasteiger partial charge in [0, 0.05) is 20.2 Å². The molecule has 0 N–H and O–H groups in total. The molecule has 0 saturated heterocycles. The lowest BCUT2D eigenvalue weighted by Crippen LogP contribution is -2.39. The van der Waals surface area contributed by atoms with E-state index in [0.717, 1.165) is 12.1 Å². The number of rotatable bonds is 3. The van der Waals surface area contributed by atoms with Gasteiger partial charge in [-0.3, -0.25) is 4.67 Å². The Kier molecular flexibility index (Phi) is 5.20. The van der Waals surface area contributed by atoms with Gasteiger partial charge in [-0.05, 0) is 25.7 Å². The van der Waals surface area contributed by atoms with Crippen LogP contribution in [0.1, 0.15) is 64.2 Å². The minimum Gasteiger partial charge on any atom is -0.266 e. The second-order valence-corrected chi connectivity index (χ2v) is 6.27. The quantitative estimate of drug-likeness (QED) is 0.654. The molecule has 0 aromatic heterocycles. The van der Waals surface area contributed by atoms with Crippen LogP contribution in [0.15, 0.2) is 0 Å². The predicted molar refractivity (Wildman–Crippen MR) is 69.8 cm³/mol. The smallest absolute Gasteiger partial charge is 0.0483 e. The Morgan fingerprint density at radius 3 is 1.47 bits per heavy atom. The summed E-state index contributed by atoms with van der Waals surface area (Å²) in [6.07, 6.45) is 14.2. The lowest BCUT2D eigenvalue weighted by molar-refractivity contribution is 0.182. The van der Waals surface area contributed by atoms with E-state index in [2.05, 4.69) is 4.67 Å². The number of hydrogen-bond donors (Lipinski definition) is 0. The predicted octanol–water partition coefficient (Wildman–Crippen LogP) is 4.70. The molecule has 0 amide bonds. The summed E-state index contributed by atoms with van der Waals surface area (Å²) in [5, 5.41) is 0. The number of hydrogen-bond acceptors (Lipinski definition) is 1. The Labute approximate surface area is 101 Å². The molecule has 2 aliphatic carbocycles. The summed E-state index contributed by atoms with van der Waals surface area (Å²) in [5.74, 6) is 0. The van der Waals surface area contributed by atoms with Crippen molar-refractivity contribution in [2.24, 2.45) is 0 Å². The van der Waals surface area contributed by atoms with E-state index < -0.39 is 0 Å². The minimum atomic E-state index is 0.516. The van der Waals surface area contributed by atoms with E-state index in [0.29, 0.717) is 8.08 Å². The molecule has 0 heterocycles. The number of halogens is 1. The van der Waals surface area contributed by atoms with Gasteiger partial charge in [0.15, 0.2) is 0 Å². The lowest BCUT2D eigenvalue weighted by Gasteiger charge is -2.39. The van der Waals surface area contributed by atoms with Crippen LogP contribution in [0.2, 0.25) is 0 Å². The van der Waals surface area contributed by atoms with Crippen LogP contribution >= 0.6 is 19.3 Å². The zero-order valence-corrected chi connectivity index (χ0v) is 11.3. The lowest BCUT2D eigenvalue weighted by atomic mass is 9.91. The Bertz CT molecular complexity index is 158. The Balaban J connectivity index is 1.88. The van der Waals surface area contributed by atoms with Crippen molar-refractivity contribution in [3.8, 4) is 0 Å². The van der Waals surface area contributed by atoms with Gasteiger partial charge in [-0.25, -0.2) is 0 Å². The van der Waals surface area contributed by atoms with Crippen molar-refractivity contribution in [1.29, 1.82) is 0 Å². The molecular weight excluding hydrogens is 225 g/mol. The van der Waals surface area contributed by atoms with Crippen LogP contribution in [0.25, 0.3) is 0 Å². The van der Waals surface area contributed by atoms with E-state index in [1.165, 1.54) is 64.2 Å². The highest BCUT2D eigenvalue weighted by atomic mass is 35.7. The summed E-state index contributed by atoms with van der Waals surface area (Å²) in [4.78, 5) is 0. The molecular formula is C12H23ClNP. The fraction of sp³-hybridized carbons (Fsp3) is 1.00. The molecule has 88 valence electrons.